The minimum absolute atomic E-state index is 0.475. The lowest BCUT2D eigenvalue weighted by Gasteiger charge is -2.22. The summed E-state index contributed by atoms with van der Waals surface area (Å²) in [6, 6.07) is 8.85. The molecule has 3 N–H and O–H groups in total. The monoisotopic (exact) mass is 242 g/mol. The van der Waals surface area contributed by atoms with Crippen LogP contribution in [0.2, 0.25) is 0 Å². The van der Waals surface area contributed by atoms with Crippen LogP contribution >= 0.6 is 0 Å². The van der Waals surface area contributed by atoms with Gasteiger partial charge in [-0.05, 0) is 44.0 Å². The van der Waals surface area contributed by atoms with Crippen molar-refractivity contribution in [1.29, 1.82) is 5.26 Å². The standard InChI is InChI=1S/C14H18N4/c15-9-10-8-11(16)3-4-12(10)17-13-5-7-18-6-1-2-14(13)18/h3-4,8,13-14,17H,1-2,5-7,16H2. The normalized spacial score (nSPS) is 26.8. The van der Waals surface area contributed by atoms with Crippen molar-refractivity contribution in [2.75, 3.05) is 24.1 Å². The molecule has 2 saturated heterocycles. The molecule has 0 amide bonds. The maximum Gasteiger partial charge on any atom is 0.101 e. The number of nitriles is 1. The maximum atomic E-state index is 9.15. The predicted molar refractivity (Wildman–Crippen MR) is 72.2 cm³/mol. The Hall–Kier alpha value is -1.73. The highest BCUT2D eigenvalue weighted by atomic mass is 15.2. The van der Waals surface area contributed by atoms with Crippen molar-refractivity contribution in [1.82, 2.24) is 4.90 Å². The number of hydrogen-bond acceptors (Lipinski definition) is 4. The Morgan fingerprint density at radius 1 is 1.33 bits per heavy atom. The van der Waals surface area contributed by atoms with Crippen molar-refractivity contribution in [2.45, 2.75) is 31.3 Å². The zero-order valence-electron chi connectivity index (χ0n) is 10.4. The second kappa shape index (κ2) is 4.51. The van der Waals surface area contributed by atoms with Crippen LogP contribution in [0.1, 0.15) is 24.8 Å². The highest BCUT2D eigenvalue weighted by Crippen LogP contribution is 2.31. The van der Waals surface area contributed by atoms with Gasteiger partial charge in [0.25, 0.3) is 0 Å². The molecule has 2 unspecified atom stereocenters. The Kier molecular flexibility index (Phi) is 2.85. The summed E-state index contributed by atoms with van der Waals surface area (Å²) < 4.78 is 0. The molecule has 2 aliphatic rings. The summed E-state index contributed by atoms with van der Waals surface area (Å²) in [7, 11) is 0. The number of benzene rings is 1. The van der Waals surface area contributed by atoms with Gasteiger partial charge in [-0.3, -0.25) is 4.90 Å². The van der Waals surface area contributed by atoms with E-state index in [4.69, 9.17) is 11.0 Å². The third kappa shape index (κ3) is 1.91. The number of anilines is 2. The first-order valence-electron chi connectivity index (χ1n) is 6.58. The Balaban J connectivity index is 1.79. The molecule has 1 aromatic rings. The van der Waals surface area contributed by atoms with Crippen molar-refractivity contribution >= 4 is 11.4 Å². The van der Waals surface area contributed by atoms with Crippen molar-refractivity contribution < 1.29 is 0 Å². The molecular formula is C14H18N4. The fourth-order valence-electron chi connectivity index (χ4n) is 3.23. The summed E-state index contributed by atoms with van der Waals surface area (Å²) in [6.07, 6.45) is 3.74. The molecule has 2 fully saturated rings. The van der Waals surface area contributed by atoms with Crippen LogP contribution in [0.15, 0.2) is 18.2 Å². The van der Waals surface area contributed by atoms with E-state index in [0.717, 1.165) is 5.69 Å². The van der Waals surface area contributed by atoms with Gasteiger partial charge in [0.2, 0.25) is 0 Å². The van der Waals surface area contributed by atoms with Crippen LogP contribution in [-0.4, -0.2) is 30.1 Å². The summed E-state index contributed by atoms with van der Waals surface area (Å²) in [6.45, 7) is 2.41. The summed E-state index contributed by atoms with van der Waals surface area (Å²) in [5.41, 5.74) is 7.92. The van der Waals surface area contributed by atoms with Gasteiger partial charge in [-0.15, -0.1) is 0 Å². The van der Waals surface area contributed by atoms with Gasteiger partial charge in [0.1, 0.15) is 6.07 Å². The SMILES string of the molecule is N#Cc1cc(N)ccc1NC1CCN2CCCC12. The third-order valence-electron chi connectivity index (χ3n) is 4.11. The molecule has 0 aliphatic carbocycles. The fraction of sp³-hybridized carbons (Fsp3) is 0.500. The van der Waals surface area contributed by atoms with Gasteiger partial charge in [0.15, 0.2) is 0 Å². The number of hydrogen-bond donors (Lipinski definition) is 2. The molecule has 4 heteroatoms. The molecule has 2 aliphatic heterocycles. The molecule has 18 heavy (non-hydrogen) atoms. The van der Waals surface area contributed by atoms with Gasteiger partial charge in [-0.1, -0.05) is 0 Å². The molecule has 0 aromatic heterocycles. The van der Waals surface area contributed by atoms with Gasteiger partial charge in [-0.25, -0.2) is 0 Å². The summed E-state index contributed by atoms with van der Waals surface area (Å²) in [4.78, 5) is 2.56. The topological polar surface area (TPSA) is 65.1 Å². The van der Waals surface area contributed by atoms with E-state index >= 15 is 0 Å². The quantitative estimate of drug-likeness (QED) is 0.776. The van der Waals surface area contributed by atoms with E-state index in [1.165, 1.54) is 32.4 Å². The van der Waals surface area contributed by atoms with Crippen molar-refractivity contribution in [3.05, 3.63) is 23.8 Å². The largest absolute Gasteiger partial charge is 0.399 e. The van der Waals surface area contributed by atoms with Crippen LogP contribution in [-0.2, 0) is 0 Å². The molecule has 0 radical (unpaired) electrons. The molecule has 0 bridgehead atoms. The summed E-state index contributed by atoms with van der Waals surface area (Å²) in [5.74, 6) is 0. The molecular weight excluding hydrogens is 224 g/mol. The minimum atomic E-state index is 0.475. The van der Waals surface area contributed by atoms with Crippen molar-refractivity contribution in [2.24, 2.45) is 0 Å². The van der Waals surface area contributed by atoms with Crippen LogP contribution in [0.4, 0.5) is 11.4 Å². The number of nitrogens with two attached hydrogens (primary N) is 1. The van der Waals surface area contributed by atoms with Crippen LogP contribution < -0.4 is 11.1 Å². The lowest BCUT2D eigenvalue weighted by molar-refractivity contribution is 0.318. The second-order valence-corrected chi connectivity index (χ2v) is 5.20. The average Bonchev–Trinajstić information content (AvgIpc) is 2.96. The van der Waals surface area contributed by atoms with Gasteiger partial charge in [-0.2, -0.15) is 5.26 Å². The number of fused-ring (bicyclic) bond motifs is 1. The Morgan fingerprint density at radius 2 is 2.22 bits per heavy atom. The van der Waals surface area contributed by atoms with E-state index in [9.17, 15) is 0 Å². The van der Waals surface area contributed by atoms with E-state index in [0.29, 0.717) is 23.3 Å². The Labute approximate surface area is 107 Å². The first-order valence-corrected chi connectivity index (χ1v) is 6.58. The van der Waals surface area contributed by atoms with E-state index in [1.807, 2.05) is 12.1 Å². The Bertz CT molecular complexity index is 491. The third-order valence-corrected chi connectivity index (χ3v) is 4.11. The molecule has 2 heterocycles. The summed E-state index contributed by atoms with van der Waals surface area (Å²) in [5, 5.41) is 12.7. The average molecular weight is 242 g/mol. The van der Waals surface area contributed by atoms with E-state index in [-0.39, 0.29) is 0 Å². The zero-order chi connectivity index (χ0) is 12.5. The molecule has 2 atom stereocenters. The zero-order valence-corrected chi connectivity index (χ0v) is 10.4. The lowest BCUT2D eigenvalue weighted by atomic mass is 10.1. The predicted octanol–water partition coefficient (Wildman–Crippen LogP) is 1.79. The summed E-state index contributed by atoms with van der Waals surface area (Å²) >= 11 is 0. The smallest absolute Gasteiger partial charge is 0.101 e. The van der Waals surface area contributed by atoms with Crippen LogP contribution in [0.25, 0.3) is 0 Å². The van der Waals surface area contributed by atoms with Crippen molar-refractivity contribution in [3.8, 4) is 6.07 Å². The van der Waals surface area contributed by atoms with Gasteiger partial charge in [0.05, 0.1) is 11.3 Å². The van der Waals surface area contributed by atoms with E-state index in [2.05, 4.69) is 16.3 Å². The fourth-order valence-corrected chi connectivity index (χ4v) is 3.23. The molecule has 3 rings (SSSR count). The Morgan fingerprint density at radius 3 is 3.06 bits per heavy atom. The molecule has 0 saturated carbocycles. The molecule has 94 valence electrons. The molecule has 4 nitrogen and oxygen atoms in total. The van der Waals surface area contributed by atoms with Crippen LogP contribution in [0, 0.1) is 11.3 Å². The van der Waals surface area contributed by atoms with Crippen LogP contribution in [0.5, 0.6) is 0 Å². The first kappa shape index (κ1) is 11.4. The number of rotatable bonds is 2. The number of nitrogens with one attached hydrogen (secondary N) is 1. The number of nitrogens with zero attached hydrogens (tertiary/aromatic N) is 2. The lowest BCUT2D eigenvalue weighted by Crippen LogP contribution is -2.33. The van der Waals surface area contributed by atoms with Gasteiger partial charge in [0, 0.05) is 24.3 Å². The van der Waals surface area contributed by atoms with E-state index in [1.54, 1.807) is 6.07 Å². The second-order valence-electron chi connectivity index (χ2n) is 5.20. The van der Waals surface area contributed by atoms with Crippen LogP contribution in [0.3, 0.4) is 0 Å². The van der Waals surface area contributed by atoms with E-state index < -0.39 is 0 Å². The molecule has 1 aromatic carbocycles. The first-order chi connectivity index (χ1) is 8.78. The maximum absolute atomic E-state index is 9.15. The highest BCUT2D eigenvalue weighted by molar-refractivity contribution is 5.63. The highest BCUT2D eigenvalue weighted by Gasteiger charge is 2.37. The minimum Gasteiger partial charge on any atom is -0.399 e. The van der Waals surface area contributed by atoms with Gasteiger partial charge >= 0.3 is 0 Å². The van der Waals surface area contributed by atoms with Gasteiger partial charge < -0.3 is 11.1 Å². The molecule has 0 spiro atoms. The van der Waals surface area contributed by atoms with Crippen molar-refractivity contribution in [3.63, 3.8) is 0 Å². The number of nitrogen functional groups attached to an aromatic ring is 1.